The quantitative estimate of drug-likeness (QED) is 0.757. The molecular weight excluding hydrogens is 232 g/mol. The van der Waals surface area contributed by atoms with Crippen molar-refractivity contribution in [2.75, 3.05) is 45.9 Å². The number of carbonyl (C=O) groups excluding carboxylic acids is 1. The summed E-state index contributed by atoms with van der Waals surface area (Å²) in [7, 11) is 0. The van der Waals surface area contributed by atoms with Crippen LogP contribution in [0.3, 0.4) is 0 Å². The first kappa shape index (κ1) is 13.8. The van der Waals surface area contributed by atoms with Crippen molar-refractivity contribution in [2.45, 2.75) is 31.8 Å². The maximum Gasteiger partial charge on any atom is 0.222 e. The van der Waals surface area contributed by atoms with Crippen molar-refractivity contribution >= 4 is 5.91 Å². The summed E-state index contributed by atoms with van der Waals surface area (Å²) in [5.74, 6) is 0.258. The SMILES string of the molecule is O=C(CC[C@@H]1CCCO1)N1CCN(CCO)CC1. The zero-order chi connectivity index (χ0) is 12.8. The Balaban J connectivity index is 1.64. The molecule has 1 N–H and O–H groups in total. The number of hydrogen-bond donors (Lipinski definition) is 1. The van der Waals surface area contributed by atoms with E-state index in [2.05, 4.69) is 4.90 Å². The summed E-state index contributed by atoms with van der Waals surface area (Å²) in [5, 5.41) is 8.86. The smallest absolute Gasteiger partial charge is 0.222 e. The van der Waals surface area contributed by atoms with Crippen LogP contribution in [0.2, 0.25) is 0 Å². The molecule has 0 bridgehead atoms. The number of β-amino-alcohol motifs (C(OH)–C–C–N with tert-alkyl or cyclic N) is 1. The average molecular weight is 256 g/mol. The molecule has 2 saturated heterocycles. The van der Waals surface area contributed by atoms with Gasteiger partial charge in [-0.2, -0.15) is 0 Å². The summed E-state index contributed by atoms with van der Waals surface area (Å²) in [5.41, 5.74) is 0. The number of carbonyl (C=O) groups is 1. The van der Waals surface area contributed by atoms with Crippen LogP contribution < -0.4 is 0 Å². The lowest BCUT2D eigenvalue weighted by molar-refractivity contribution is -0.133. The minimum atomic E-state index is 0.201. The zero-order valence-corrected chi connectivity index (χ0v) is 11.0. The number of piperazine rings is 1. The minimum absolute atomic E-state index is 0.201. The van der Waals surface area contributed by atoms with Crippen LogP contribution in [0.25, 0.3) is 0 Å². The lowest BCUT2D eigenvalue weighted by atomic mass is 10.1. The van der Waals surface area contributed by atoms with Gasteiger partial charge in [0.05, 0.1) is 12.7 Å². The van der Waals surface area contributed by atoms with E-state index in [0.717, 1.165) is 58.6 Å². The second-order valence-corrected chi connectivity index (χ2v) is 5.12. The number of ether oxygens (including phenoxy) is 1. The van der Waals surface area contributed by atoms with Gasteiger partial charge in [0.25, 0.3) is 0 Å². The van der Waals surface area contributed by atoms with Crippen LogP contribution in [-0.4, -0.2) is 72.9 Å². The highest BCUT2D eigenvalue weighted by Gasteiger charge is 2.22. The van der Waals surface area contributed by atoms with Crippen LogP contribution in [0.4, 0.5) is 0 Å². The van der Waals surface area contributed by atoms with Crippen LogP contribution >= 0.6 is 0 Å². The standard InChI is InChI=1S/C13H24N2O3/c16-10-9-14-5-7-15(8-6-14)13(17)4-3-12-2-1-11-18-12/h12,16H,1-11H2/t12-/m0/s1. The molecule has 1 amide bonds. The number of amides is 1. The maximum absolute atomic E-state index is 12.0. The summed E-state index contributed by atoms with van der Waals surface area (Å²) in [6.45, 7) is 5.14. The largest absolute Gasteiger partial charge is 0.395 e. The molecule has 0 aromatic heterocycles. The molecule has 5 nitrogen and oxygen atoms in total. The molecule has 5 heteroatoms. The van der Waals surface area contributed by atoms with E-state index in [-0.39, 0.29) is 12.5 Å². The molecule has 0 aliphatic carbocycles. The van der Waals surface area contributed by atoms with Gasteiger partial charge in [-0.1, -0.05) is 0 Å². The molecule has 18 heavy (non-hydrogen) atoms. The van der Waals surface area contributed by atoms with Crippen molar-refractivity contribution in [2.24, 2.45) is 0 Å². The van der Waals surface area contributed by atoms with E-state index >= 15 is 0 Å². The second kappa shape index (κ2) is 7.07. The molecule has 0 spiro atoms. The Kier molecular flexibility index (Phi) is 5.41. The van der Waals surface area contributed by atoms with E-state index in [0.29, 0.717) is 12.5 Å². The maximum atomic E-state index is 12.0. The molecule has 2 rings (SSSR count). The van der Waals surface area contributed by atoms with Gasteiger partial charge < -0.3 is 14.7 Å². The van der Waals surface area contributed by atoms with Gasteiger partial charge in [-0.25, -0.2) is 0 Å². The third kappa shape index (κ3) is 3.93. The fraction of sp³-hybridized carbons (Fsp3) is 0.923. The Morgan fingerprint density at radius 1 is 1.28 bits per heavy atom. The Labute approximate surface area is 109 Å². The average Bonchev–Trinajstić information content (AvgIpc) is 2.90. The number of aliphatic hydroxyl groups excluding tert-OH is 1. The molecule has 0 aromatic rings. The van der Waals surface area contributed by atoms with Gasteiger partial charge in [0, 0.05) is 45.8 Å². The van der Waals surface area contributed by atoms with Crippen molar-refractivity contribution in [1.82, 2.24) is 9.80 Å². The van der Waals surface area contributed by atoms with E-state index in [9.17, 15) is 4.79 Å². The van der Waals surface area contributed by atoms with Gasteiger partial charge in [0.1, 0.15) is 0 Å². The fourth-order valence-corrected chi connectivity index (χ4v) is 2.68. The number of hydrogen-bond acceptors (Lipinski definition) is 4. The predicted octanol–water partition coefficient (Wildman–Crippen LogP) is 0.0821. The molecule has 2 fully saturated rings. The third-order valence-corrected chi connectivity index (χ3v) is 3.85. The molecule has 0 saturated carbocycles. The van der Waals surface area contributed by atoms with Gasteiger partial charge in [-0.05, 0) is 19.3 Å². The van der Waals surface area contributed by atoms with Gasteiger partial charge in [0.2, 0.25) is 5.91 Å². The van der Waals surface area contributed by atoms with Gasteiger partial charge in [-0.15, -0.1) is 0 Å². The highest BCUT2D eigenvalue weighted by molar-refractivity contribution is 5.76. The van der Waals surface area contributed by atoms with Crippen molar-refractivity contribution in [3.63, 3.8) is 0 Å². The second-order valence-electron chi connectivity index (χ2n) is 5.12. The number of aliphatic hydroxyl groups is 1. The molecule has 1 atom stereocenters. The minimum Gasteiger partial charge on any atom is -0.395 e. The van der Waals surface area contributed by atoms with E-state index < -0.39 is 0 Å². The molecular formula is C13H24N2O3. The molecule has 2 aliphatic rings. The summed E-state index contributed by atoms with van der Waals surface area (Å²) in [4.78, 5) is 16.2. The van der Waals surface area contributed by atoms with Crippen LogP contribution in [0.15, 0.2) is 0 Å². The topological polar surface area (TPSA) is 53.0 Å². The lowest BCUT2D eigenvalue weighted by Crippen LogP contribution is -2.49. The zero-order valence-electron chi connectivity index (χ0n) is 11.0. The molecule has 0 unspecified atom stereocenters. The van der Waals surface area contributed by atoms with Gasteiger partial charge in [-0.3, -0.25) is 9.69 Å². The first-order valence-corrected chi connectivity index (χ1v) is 7.02. The summed E-state index contributed by atoms with van der Waals surface area (Å²) in [6, 6.07) is 0. The molecule has 104 valence electrons. The summed E-state index contributed by atoms with van der Waals surface area (Å²) in [6.07, 6.45) is 4.04. The van der Waals surface area contributed by atoms with Crippen molar-refractivity contribution in [3.05, 3.63) is 0 Å². The Bertz CT molecular complexity index is 259. The molecule has 0 aromatic carbocycles. The third-order valence-electron chi connectivity index (χ3n) is 3.85. The highest BCUT2D eigenvalue weighted by atomic mass is 16.5. The lowest BCUT2D eigenvalue weighted by Gasteiger charge is -2.34. The number of rotatable bonds is 5. The van der Waals surface area contributed by atoms with Crippen LogP contribution in [0.5, 0.6) is 0 Å². The predicted molar refractivity (Wildman–Crippen MR) is 68.3 cm³/mol. The summed E-state index contributed by atoms with van der Waals surface area (Å²) < 4.78 is 5.53. The normalized spacial score (nSPS) is 25.6. The van der Waals surface area contributed by atoms with E-state index in [1.807, 2.05) is 4.90 Å². The van der Waals surface area contributed by atoms with E-state index in [1.165, 1.54) is 0 Å². The van der Waals surface area contributed by atoms with E-state index in [1.54, 1.807) is 0 Å². The van der Waals surface area contributed by atoms with Crippen LogP contribution in [0.1, 0.15) is 25.7 Å². The van der Waals surface area contributed by atoms with Crippen molar-refractivity contribution in [3.8, 4) is 0 Å². The highest BCUT2D eigenvalue weighted by Crippen LogP contribution is 2.17. The Hall–Kier alpha value is -0.650. The van der Waals surface area contributed by atoms with Crippen LogP contribution in [0, 0.1) is 0 Å². The molecule has 2 aliphatic heterocycles. The van der Waals surface area contributed by atoms with Crippen molar-refractivity contribution < 1.29 is 14.6 Å². The van der Waals surface area contributed by atoms with Gasteiger partial charge in [0.15, 0.2) is 0 Å². The Morgan fingerprint density at radius 2 is 2.06 bits per heavy atom. The first-order chi connectivity index (χ1) is 8.79. The summed E-state index contributed by atoms with van der Waals surface area (Å²) >= 11 is 0. The van der Waals surface area contributed by atoms with Crippen LogP contribution in [-0.2, 0) is 9.53 Å². The van der Waals surface area contributed by atoms with E-state index in [4.69, 9.17) is 9.84 Å². The number of nitrogens with zero attached hydrogens (tertiary/aromatic N) is 2. The van der Waals surface area contributed by atoms with Gasteiger partial charge >= 0.3 is 0 Å². The Morgan fingerprint density at radius 3 is 2.67 bits per heavy atom. The fourth-order valence-electron chi connectivity index (χ4n) is 2.68. The molecule has 0 radical (unpaired) electrons. The first-order valence-electron chi connectivity index (χ1n) is 7.02. The van der Waals surface area contributed by atoms with Crippen molar-refractivity contribution in [1.29, 1.82) is 0 Å². The molecule has 2 heterocycles. The monoisotopic (exact) mass is 256 g/mol.